The van der Waals surface area contributed by atoms with Crippen molar-refractivity contribution in [3.8, 4) is 0 Å². The number of ether oxygens (including phenoxy) is 1. The van der Waals surface area contributed by atoms with E-state index < -0.39 is 30.0 Å². The third kappa shape index (κ3) is 5.62. The molecule has 0 bridgehead atoms. The molecule has 9 heteroatoms. The zero-order valence-electron chi connectivity index (χ0n) is 17.6. The zero-order chi connectivity index (χ0) is 21.3. The number of pyridine rings is 1. The minimum Gasteiger partial charge on any atom is -0.444 e. The van der Waals surface area contributed by atoms with Crippen molar-refractivity contribution in [2.45, 2.75) is 65.3 Å². The second-order valence-electron chi connectivity index (χ2n) is 8.80. The van der Waals surface area contributed by atoms with E-state index in [-0.39, 0.29) is 6.54 Å². The molecule has 0 saturated carbocycles. The second-order valence-corrected chi connectivity index (χ2v) is 9.19. The normalized spacial score (nSPS) is 18.9. The van der Waals surface area contributed by atoms with Gasteiger partial charge in [0, 0.05) is 24.0 Å². The van der Waals surface area contributed by atoms with Gasteiger partial charge in [-0.15, -0.1) is 0 Å². The molecular weight excluding hydrogens is 380 g/mol. The Hall–Kier alpha value is -1.77. The number of carbonyl (C=O) groups excluding carboxylic acids is 1. The van der Waals surface area contributed by atoms with E-state index in [0.29, 0.717) is 21.9 Å². The SMILES string of the molecule is CC(C)(C)OC(=O)NCC(=Cc1cnc(Cl)cc1N)B1OC(C)(C)C(C)(C)O1. The Bertz CT molecular complexity index is 759. The van der Waals surface area contributed by atoms with Gasteiger partial charge in [-0.25, -0.2) is 9.78 Å². The molecule has 1 amide bonds. The van der Waals surface area contributed by atoms with E-state index in [1.807, 2.05) is 27.7 Å². The van der Waals surface area contributed by atoms with E-state index in [9.17, 15) is 4.79 Å². The predicted molar refractivity (Wildman–Crippen MR) is 112 cm³/mol. The van der Waals surface area contributed by atoms with E-state index in [0.717, 1.165) is 0 Å². The first-order valence-corrected chi connectivity index (χ1v) is 9.52. The van der Waals surface area contributed by atoms with Gasteiger partial charge in [-0.05, 0) is 60.0 Å². The quantitative estimate of drug-likeness (QED) is 0.579. The number of alkyl carbamates (subject to hydrolysis) is 1. The minimum atomic E-state index is -0.657. The van der Waals surface area contributed by atoms with E-state index in [1.54, 1.807) is 39.1 Å². The molecule has 0 atom stereocenters. The summed E-state index contributed by atoms with van der Waals surface area (Å²) >= 11 is 5.88. The zero-order valence-corrected chi connectivity index (χ0v) is 18.3. The van der Waals surface area contributed by atoms with Crippen molar-refractivity contribution in [3.05, 3.63) is 28.5 Å². The highest BCUT2D eigenvalue weighted by molar-refractivity contribution is 6.56. The standard InChI is InChI=1S/C19H29BClN3O4/c1-17(2,3)26-16(25)24-11-13(8-12-10-23-15(21)9-14(12)22)20-27-18(4,5)19(6,7)28-20/h8-10H,11H2,1-7H3,(H2,22,23)(H,24,25). The van der Waals surface area contributed by atoms with Crippen molar-refractivity contribution in [3.63, 3.8) is 0 Å². The number of nitrogen functional groups attached to an aromatic ring is 1. The van der Waals surface area contributed by atoms with Gasteiger partial charge in [-0.3, -0.25) is 0 Å². The highest BCUT2D eigenvalue weighted by Crippen LogP contribution is 2.39. The Kier molecular flexibility index (Phi) is 6.38. The first-order chi connectivity index (χ1) is 12.7. The molecule has 154 valence electrons. The summed E-state index contributed by atoms with van der Waals surface area (Å²) in [5.41, 5.74) is 6.21. The number of nitrogens with zero attached hydrogens (tertiary/aromatic N) is 1. The van der Waals surface area contributed by atoms with Gasteiger partial charge in [-0.1, -0.05) is 17.7 Å². The summed E-state index contributed by atoms with van der Waals surface area (Å²) in [4.78, 5) is 16.2. The topological polar surface area (TPSA) is 95.7 Å². The van der Waals surface area contributed by atoms with Crippen molar-refractivity contribution in [2.75, 3.05) is 12.3 Å². The number of hydrogen-bond acceptors (Lipinski definition) is 6. The van der Waals surface area contributed by atoms with Crippen LogP contribution in [-0.4, -0.2) is 41.5 Å². The monoisotopic (exact) mass is 409 g/mol. The lowest BCUT2D eigenvalue weighted by molar-refractivity contribution is 0.00578. The Morgan fingerprint density at radius 1 is 1.32 bits per heavy atom. The Morgan fingerprint density at radius 2 is 1.89 bits per heavy atom. The molecule has 2 heterocycles. The molecule has 0 unspecified atom stereocenters. The van der Waals surface area contributed by atoms with Gasteiger partial charge < -0.3 is 25.1 Å². The van der Waals surface area contributed by atoms with Gasteiger partial charge in [-0.2, -0.15) is 0 Å². The van der Waals surface area contributed by atoms with Gasteiger partial charge in [0.2, 0.25) is 0 Å². The number of halogens is 1. The number of anilines is 1. The lowest BCUT2D eigenvalue weighted by Crippen LogP contribution is -2.41. The first kappa shape index (κ1) is 22.5. The van der Waals surface area contributed by atoms with Gasteiger partial charge >= 0.3 is 13.2 Å². The summed E-state index contributed by atoms with van der Waals surface area (Å²) in [5.74, 6) is 0. The van der Waals surface area contributed by atoms with Crippen LogP contribution >= 0.6 is 11.6 Å². The number of rotatable bonds is 4. The van der Waals surface area contributed by atoms with Crippen LogP contribution in [0, 0.1) is 0 Å². The molecule has 1 aliphatic heterocycles. The van der Waals surface area contributed by atoms with E-state index in [4.69, 9.17) is 31.4 Å². The van der Waals surface area contributed by atoms with Crippen LogP contribution in [0.15, 0.2) is 17.7 Å². The van der Waals surface area contributed by atoms with Crippen LogP contribution in [0.5, 0.6) is 0 Å². The molecule has 1 saturated heterocycles. The van der Waals surface area contributed by atoms with Crippen molar-refractivity contribution in [2.24, 2.45) is 0 Å². The van der Waals surface area contributed by atoms with E-state index in [1.165, 1.54) is 0 Å². The number of amides is 1. The van der Waals surface area contributed by atoms with Crippen LogP contribution in [0.2, 0.25) is 5.15 Å². The highest BCUT2D eigenvalue weighted by atomic mass is 35.5. The van der Waals surface area contributed by atoms with Gasteiger partial charge in [0.15, 0.2) is 0 Å². The molecule has 1 fully saturated rings. The van der Waals surface area contributed by atoms with E-state index in [2.05, 4.69) is 10.3 Å². The first-order valence-electron chi connectivity index (χ1n) is 9.14. The van der Waals surface area contributed by atoms with Crippen molar-refractivity contribution < 1.29 is 18.8 Å². The maximum Gasteiger partial charge on any atom is 0.492 e. The van der Waals surface area contributed by atoms with Gasteiger partial charge in [0.05, 0.1) is 11.2 Å². The molecule has 0 radical (unpaired) electrons. The lowest BCUT2D eigenvalue weighted by atomic mass is 9.77. The Morgan fingerprint density at radius 3 is 2.39 bits per heavy atom. The van der Waals surface area contributed by atoms with Gasteiger partial charge in [0.1, 0.15) is 10.8 Å². The summed E-state index contributed by atoms with van der Waals surface area (Å²) in [5, 5.41) is 3.05. The number of nitrogens with two attached hydrogens (primary N) is 1. The largest absolute Gasteiger partial charge is 0.492 e. The molecule has 28 heavy (non-hydrogen) atoms. The van der Waals surface area contributed by atoms with Crippen molar-refractivity contribution in [1.29, 1.82) is 0 Å². The molecule has 1 aliphatic rings. The Balaban J connectivity index is 2.28. The third-order valence-electron chi connectivity index (χ3n) is 4.67. The summed E-state index contributed by atoms with van der Waals surface area (Å²) in [6.07, 6.45) is 2.83. The molecule has 3 N–H and O–H groups in total. The maximum absolute atomic E-state index is 12.1. The second kappa shape index (κ2) is 7.93. The fourth-order valence-corrected chi connectivity index (χ4v) is 2.63. The van der Waals surface area contributed by atoms with Crippen molar-refractivity contribution in [1.82, 2.24) is 10.3 Å². The third-order valence-corrected chi connectivity index (χ3v) is 4.87. The Labute approximate surface area is 172 Å². The van der Waals surface area contributed by atoms with Crippen LogP contribution in [0.1, 0.15) is 54.0 Å². The number of aromatic nitrogens is 1. The number of carbonyl (C=O) groups is 1. The maximum atomic E-state index is 12.1. The molecule has 2 rings (SSSR count). The average Bonchev–Trinajstić information content (AvgIpc) is 2.71. The fraction of sp³-hybridized carbons (Fsp3) is 0.579. The minimum absolute atomic E-state index is 0.161. The van der Waals surface area contributed by atoms with Crippen LogP contribution in [0.3, 0.4) is 0 Å². The summed E-state index contributed by atoms with van der Waals surface area (Å²) in [7, 11) is -0.657. The lowest BCUT2D eigenvalue weighted by Gasteiger charge is -2.32. The highest BCUT2D eigenvalue weighted by Gasteiger charge is 2.52. The van der Waals surface area contributed by atoms with Crippen LogP contribution in [0.4, 0.5) is 10.5 Å². The van der Waals surface area contributed by atoms with Gasteiger partial charge in [0.25, 0.3) is 0 Å². The smallest absolute Gasteiger partial charge is 0.444 e. The molecule has 7 nitrogen and oxygen atoms in total. The molecule has 0 aliphatic carbocycles. The number of nitrogens with one attached hydrogen (secondary N) is 1. The average molecular weight is 410 g/mol. The van der Waals surface area contributed by atoms with Crippen molar-refractivity contribution >= 4 is 36.6 Å². The van der Waals surface area contributed by atoms with Crippen LogP contribution in [0.25, 0.3) is 6.08 Å². The summed E-state index contributed by atoms with van der Waals surface area (Å²) in [6.45, 7) is 13.4. The molecule has 0 spiro atoms. The van der Waals surface area contributed by atoms with E-state index >= 15 is 0 Å². The van der Waals surface area contributed by atoms with Crippen LogP contribution < -0.4 is 11.1 Å². The summed E-state index contributed by atoms with van der Waals surface area (Å²) in [6, 6.07) is 1.57. The number of hydrogen-bond donors (Lipinski definition) is 2. The molecule has 0 aromatic carbocycles. The van der Waals surface area contributed by atoms with Crippen LogP contribution in [-0.2, 0) is 14.0 Å². The fourth-order valence-electron chi connectivity index (χ4n) is 2.46. The predicted octanol–water partition coefficient (Wildman–Crippen LogP) is 3.86. The molecule has 1 aromatic rings. The molecule has 1 aromatic heterocycles. The summed E-state index contributed by atoms with van der Waals surface area (Å²) < 4.78 is 17.6. The molecular formula is C19H29BClN3O4.